The largest absolute Gasteiger partial charge is 0.480 e. The first-order chi connectivity index (χ1) is 9.67. The van der Waals surface area contributed by atoms with Crippen LogP contribution in [-0.4, -0.2) is 31.4 Å². The average molecular weight is 311 g/mol. The van der Waals surface area contributed by atoms with Crippen molar-refractivity contribution in [2.24, 2.45) is 5.73 Å². The van der Waals surface area contributed by atoms with E-state index in [-0.39, 0.29) is 16.0 Å². The molecule has 0 unspecified atom stereocenters. The molecule has 8 nitrogen and oxygen atoms in total. The number of hydrogen-bond donors (Lipinski definition) is 3. The molecule has 1 amide bonds. The van der Waals surface area contributed by atoms with Gasteiger partial charge in [-0.3, -0.25) is 9.59 Å². The van der Waals surface area contributed by atoms with Crippen molar-refractivity contribution < 1.29 is 23.1 Å². The van der Waals surface area contributed by atoms with Crippen molar-refractivity contribution in [3.63, 3.8) is 0 Å². The number of nitrogens with one attached hydrogen (secondary N) is 1. The maximum Gasteiger partial charge on any atom is 0.322 e. The van der Waals surface area contributed by atoms with Gasteiger partial charge < -0.3 is 10.8 Å². The van der Waals surface area contributed by atoms with Gasteiger partial charge in [0.25, 0.3) is 0 Å². The Hall–Kier alpha value is -2.44. The van der Waals surface area contributed by atoms with E-state index in [9.17, 15) is 18.0 Å². The molecule has 0 heterocycles. The molecule has 1 aromatic carbocycles. The van der Waals surface area contributed by atoms with Crippen LogP contribution in [0.25, 0.3) is 0 Å². The van der Waals surface area contributed by atoms with Crippen molar-refractivity contribution in [1.82, 2.24) is 4.72 Å². The topological polar surface area (TPSA) is 150 Å². The highest BCUT2D eigenvalue weighted by atomic mass is 32.2. The highest BCUT2D eigenvalue weighted by Crippen LogP contribution is 2.17. The maximum atomic E-state index is 12.1. The summed E-state index contributed by atoms with van der Waals surface area (Å²) in [5.74, 6) is -2.45. The molecule has 1 aromatic rings. The number of carboxylic acid groups (broad SMARTS) is 1. The lowest BCUT2D eigenvalue weighted by Gasteiger charge is -2.14. The Morgan fingerprint density at radius 1 is 1.48 bits per heavy atom. The van der Waals surface area contributed by atoms with Crippen LogP contribution in [0.2, 0.25) is 0 Å². The number of carbonyl (C=O) groups is 2. The molecule has 1 rings (SSSR count). The predicted molar refractivity (Wildman–Crippen MR) is 71.5 cm³/mol. The van der Waals surface area contributed by atoms with Crippen molar-refractivity contribution in [1.29, 1.82) is 5.26 Å². The predicted octanol–water partition coefficient (Wildman–Crippen LogP) is -0.526. The number of primary amides is 1. The standard InChI is InChI=1S/C12H13N3O5S/c1-7-4-8(6-13)2-3-10(7)21(19,20)15-9(12(17)18)5-11(14)16/h2-4,9,15H,5H2,1H3,(H2,14,16)(H,17,18)/t9-/m0/s1. The molecule has 0 saturated carbocycles. The van der Waals surface area contributed by atoms with E-state index in [2.05, 4.69) is 0 Å². The summed E-state index contributed by atoms with van der Waals surface area (Å²) in [7, 11) is -4.15. The van der Waals surface area contributed by atoms with Gasteiger partial charge in [0.2, 0.25) is 15.9 Å². The van der Waals surface area contributed by atoms with Crippen molar-refractivity contribution in [3.05, 3.63) is 29.3 Å². The summed E-state index contributed by atoms with van der Waals surface area (Å²) in [5, 5.41) is 17.6. The van der Waals surface area contributed by atoms with Gasteiger partial charge >= 0.3 is 5.97 Å². The van der Waals surface area contributed by atoms with E-state index in [4.69, 9.17) is 16.1 Å². The van der Waals surface area contributed by atoms with E-state index in [0.29, 0.717) is 0 Å². The number of benzene rings is 1. The van der Waals surface area contributed by atoms with Crippen LogP contribution in [0.3, 0.4) is 0 Å². The smallest absolute Gasteiger partial charge is 0.322 e. The van der Waals surface area contributed by atoms with Crippen LogP contribution in [0.15, 0.2) is 23.1 Å². The Morgan fingerprint density at radius 3 is 2.52 bits per heavy atom. The number of amides is 1. The first kappa shape index (κ1) is 16.6. The molecule has 0 radical (unpaired) electrons. The monoisotopic (exact) mass is 311 g/mol. The first-order valence-corrected chi connectivity index (χ1v) is 7.20. The zero-order valence-corrected chi connectivity index (χ0v) is 11.8. The third-order valence-electron chi connectivity index (χ3n) is 2.59. The maximum absolute atomic E-state index is 12.1. The molecule has 0 bridgehead atoms. The number of nitrogens with zero attached hydrogens (tertiary/aromatic N) is 1. The van der Waals surface area contributed by atoms with Crippen LogP contribution in [0, 0.1) is 18.3 Å². The zero-order chi connectivity index (χ0) is 16.2. The van der Waals surface area contributed by atoms with Gasteiger partial charge in [0, 0.05) is 0 Å². The fourth-order valence-corrected chi connectivity index (χ4v) is 3.07. The third kappa shape index (κ3) is 4.27. The molecular weight excluding hydrogens is 298 g/mol. The number of aryl methyl sites for hydroxylation is 1. The minimum atomic E-state index is -4.15. The van der Waals surface area contributed by atoms with E-state index in [0.717, 1.165) is 0 Å². The lowest BCUT2D eigenvalue weighted by atomic mass is 10.2. The Morgan fingerprint density at radius 2 is 2.10 bits per heavy atom. The van der Waals surface area contributed by atoms with Gasteiger partial charge in [0.15, 0.2) is 0 Å². The molecule has 0 fully saturated rings. The number of nitriles is 1. The average Bonchev–Trinajstić information content (AvgIpc) is 2.36. The van der Waals surface area contributed by atoms with E-state index < -0.39 is 34.4 Å². The van der Waals surface area contributed by atoms with Crippen LogP contribution >= 0.6 is 0 Å². The summed E-state index contributed by atoms with van der Waals surface area (Å²) in [5.41, 5.74) is 5.44. The Bertz CT molecular complexity index is 721. The molecule has 0 aliphatic rings. The number of carbonyl (C=O) groups excluding carboxylic acids is 1. The summed E-state index contributed by atoms with van der Waals surface area (Å²) in [6.07, 6.45) is -0.663. The van der Waals surface area contributed by atoms with Crippen molar-refractivity contribution >= 4 is 21.9 Å². The first-order valence-electron chi connectivity index (χ1n) is 5.71. The number of nitrogens with two attached hydrogens (primary N) is 1. The van der Waals surface area contributed by atoms with E-state index in [1.54, 1.807) is 0 Å². The molecule has 0 aliphatic heterocycles. The fourth-order valence-electron chi connectivity index (χ4n) is 1.65. The molecular formula is C12H13N3O5S. The number of aliphatic carboxylic acids is 1. The molecule has 112 valence electrons. The minimum absolute atomic E-state index is 0.169. The SMILES string of the molecule is Cc1cc(C#N)ccc1S(=O)(=O)N[C@@H](CC(N)=O)C(=O)O. The quantitative estimate of drug-likeness (QED) is 0.642. The van der Waals surface area contributed by atoms with Gasteiger partial charge in [-0.25, -0.2) is 8.42 Å². The molecule has 1 atom stereocenters. The second kappa shape index (κ2) is 6.34. The summed E-state index contributed by atoms with van der Waals surface area (Å²) in [6.45, 7) is 1.47. The van der Waals surface area contributed by atoms with Gasteiger partial charge in [0.1, 0.15) is 6.04 Å². The highest BCUT2D eigenvalue weighted by molar-refractivity contribution is 7.89. The molecule has 0 spiro atoms. The summed E-state index contributed by atoms with van der Waals surface area (Å²) in [6, 6.07) is 4.06. The van der Waals surface area contributed by atoms with Gasteiger partial charge in [0.05, 0.1) is 22.9 Å². The Labute approximate surface area is 121 Å². The zero-order valence-electron chi connectivity index (χ0n) is 11.0. The lowest BCUT2D eigenvalue weighted by Crippen LogP contribution is -2.43. The number of carboxylic acids is 1. The van der Waals surface area contributed by atoms with Crippen molar-refractivity contribution in [2.75, 3.05) is 0 Å². The van der Waals surface area contributed by atoms with Crippen LogP contribution in [0.4, 0.5) is 0 Å². The summed E-state index contributed by atoms with van der Waals surface area (Å²) in [4.78, 5) is 21.6. The number of rotatable bonds is 6. The Balaban J connectivity index is 3.13. The normalized spacial score (nSPS) is 12.4. The van der Waals surface area contributed by atoms with Crippen LogP contribution in [0.1, 0.15) is 17.5 Å². The van der Waals surface area contributed by atoms with Crippen molar-refractivity contribution in [3.8, 4) is 6.07 Å². The van der Waals surface area contributed by atoms with Gasteiger partial charge in [-0.05, 0) is 30.7 Å². The van der Waals surface area contributed by atoms with E-state index >= 15 is 0 Å². The molecule has 21 heavy (non-hydrogen) atoms. The lowest BCUT2D eigenvalue weighted by molar-refractivity contribution is -0.140. The summed E-state index contributed by atoms with van der Waals surface area (Å²) >= 11 is 0. The fraction of sp³-hybridized carbons (Fsp3) is 0.250. The highest BCUT2D eigenvalue weighted by Gasteiger charge is 2.27. The van der Waals surface area contributed by atoms with Crippen LogP contribution in [-0.2, 0) is 19.6 Å². The minimum Gasteiger partial charge on any atom is -0.480 e. The third-order valence-corrected chi connectivity index (χ3v) is 4.23. The molecule has 9 heteroatoms. The van der Waals surface area contributed by atoms with Crippen molar-refractivity contribution in [2.45, 2.75) is 24.3 Å². The molecule has 4 N–H and O–H groups in total. The Kier molecular flexibility index (Phi) is 5.02. The molecule has 0 aliphatic carbocycles. The summed E-state index contributed by atoms with van der Waals surface area (Å²) < 4.78 is 26.2. The number of sulfonamides is 1. The molecule has 0 aromatic heterocycles. The molecule has 0 saturated heterocycles. The second-order valence-electron chi connectivity index (χ2n) is 4.27. The van der Waals surface area contributed by atoms with Crippen LogP contribution < -0.4 is 10.5 Å². The second-order valence-corrected chi connectivity index (χ2v) is 5.96. The number of hydrogen-bond acceptors (Lipinski definition) is 5. The van der Waals surface area contributed by atoms with Crippen LogP contribution in [0.5, 0.6) is 0 Å². The van der Waals surface area contributed by atoms with Gasteiger partial charge in [-0.1, -0.05) is 0 Å². The van der Waals surface area contributed by atoms with E-state index in [1.165, 1.54) is 25.1 Å². The van der Waals surface area contributed by atoms with Gasteiger partial charge in [-0.15, -0.1) is 0 Å². The van der Waals surface area contributed by atoms with Gasteiger partial charge in [-0.2, -0.15) is 9.98 Å². The van der Waals surface area contributed by atoms with E-state index in [1.807, 2.05) is 10.8 Å².